The van der Waals surface area contributed by atoms with Crippen LogP contribution in [0, 0.1) is 5.92 Å². The Balaban J connectivity index is 1.60. The van der Waals surface area contributed by atoms with Gasteiger partial charge in [-0.05, 0) is 61.7 Å². The van der Waals surface area contributed by atoms with Crippen LogP contribution in [0.25, 0.3) is 0 Å². The molecule has 0 radical (unpaired) electrons. The van der Waals surface area contributed by atoms with E-state index in [0.717, 1.165) is 37.9 Å². The summed E-state index contributed by atoms with van der Waals surface area (Å²) in [5, 5.41) is 5.79. The van der Waals surface area contributed by atoms with Crippen LogP contribution >= 0.6 is 0 Å². The zero-order valence-electron chi connectivity index (χ0n) is 16.0. The molecule has 2 aromatic rings. The number of benzene rings is 2. The SMILES string of the molecule is CCCCN(C)c1ccc(C(=O)Nc2cccc(NC(=O)C3CC3)c2)cc1. The molecule has 0 aromatic heterocycles. The zero-order chi connectivity index (χ0) is 19.2. The second-order valence-electron chi connectivity index (χ2n) is 7.12. The Morgan fingerprint density at radius 1 is 1.04 bits per heavy atom. The molecular weight excluding hydrogens is 338 g/mol. The molecule has 0 unspecified atom stereocenters. The first-order valence-electron chi connectivity index (χ1n) is 9.60. The van der Waals surface area contributed by atoms with E-state index in [-0.39, 0.29) is 17.7 Å². The Labute approximate surface area is 160 Å². The highest BCUT2D eigenvalue weighted by Gasteiger charge is 2.29. The van der Waals surface area contributed by atoms with E-state index in [1.165, 1.54) is 0 Å². The highest BCUT2D eigenvalue weighted by atomic mass is 16.2. The van der Waals surface area contributed by atoms with Crippen LogP contribution < -0.4 is 15.5 Å². The van der Waals surface area contributed by atoms with Crippen molar-refractivity contribution in [2.75, 3.05) is 29.1 Å². The van der Waals surface area contributed by atoms with Gasteiger partial charge in [0.1, 0.15) is 0 Å². The molecule has 5 nitrogen and oxygen atoms in total. The molecule has 2 amide bonds. The summed E-state index contributed by atoms with van der Waals surface area (Å²) < 4.78 is 0. The number of carbonyl (C=O) groups excluding carboxylic acids is 2. The Hall–Kier alpha value is -2.82. The van der Waals surface area contributed by atoms with Gasteiger partial charge in [-0.25, -0.2) is 0 Å². The van der Waals surface area contributed by atoms with Gasteiger partial charge in [-0.15, -0.1) is 0 Å². The number of anilines is 3. The molecule has 27 heavy (non-hydrogen) atoms. The quantitative estimate of drug-likeness (QED) is 0.723. The lowest BCUT2D eigenvalue weighted by Gasteiger charge is -2.19. The molecule has 142 valence electrons. The van der Waals surface area contributed by atoms with E-state index in [9.17, 15) is 9.59 Å². The minimum absolute atomic E-state index is 0.0567. The van der Waals surface area contributed by atoms with Crippen LogP contribution in [0.5, 0.6) is 0 Å². The third-order valence-electron chi connectivity index (χ3n) is 4.75. The molecule has 0 atom stereocenters. The van der Waals surface area contributed by atoms with E-state index in [0.29, 0.717) is 16.9 Å². The van der Waals surface area contributed by atoms with Gasteiger partial charge in [0.05, 0.1) is 0 Å². The van der Waals surface area contributed by atoms with E-state index in [2.05, 4.69) is 29.5 Å². The zero-order valence-corrected chi connectivity index (χ0v) is 16.0. The van der Waals surface area contributed by atoms with E-state index >= 15 is 0 Å². The van der Waals surface area contributed by atoms with E-state index < -0.39 is 0 Å². The van der Waals surface area contributed by atoms with Crippen molar-refractivity contribution in [3.05, 3.63) is 54.1 Å². The first-order chi connectivity index (χ1) is 13.1. The summed E-state index contributed by atoms with van der Waals surface area (Å²) in [6.45, 7) is 3.18. The first-order valence-corrected chi connectivity index (χ1v) is 9.60. The maximum Gasteiger partial charge on any atom is 0.255 e. The number of nitrogens with one attached hydrogen (secondary N) is 2. The van der Waals surface area contributed by atoms with Crippen molar-refractivity contribution in [3.8, 4) is 0 Å². The highest BCUT2D eigenvalue weighted by Crippen LogP contribution is 2.30. The summed E-state index contributed by atoms with van der Waals surface area (Å²) in [7, 11) is 2.06. The number of rotatable bonds is 8. The molecule has 1 fully saturated rings. The van der Waals surface area contributed by atoms with Crippen molar-refractivity contribution in [2.24, 2.45) is 5.92 Å². The number of hydrogen-bond donors (Lipinski definition) is 2. The van der Waals surface area contributed by atoms with Crippen LogP contribution in [0.1, 0.15) is 43.0 Å². The van der Waals surface area contributed by atoms with Gasteiger partial charge in [0.15, 0.2) is 0 Å². The average Bonchev–Trinajstić information content (AvgIpc) is 3.52. The fourth-order valence-electron chi connectivity index (χ4n) is 2.86. The smallest absolute Gasteiger partial charge is 0.255 e. The van der Waals surface area contributed by atoms with Crippen molar-refractivity contribution in [1.82, 2.24) is 0 Å². The molecule has 2 N–H and O–H groups in total. The monoisotopic (exact) mass is 365 g/mol. The Kier molecular flexibility index (Phi) is 6.12. The van der Waals surface area contributed by atoms with E-state index in [1.54, 1.807) is 6.07 Å². The number of nitrogens with zero attached hydrogens (tertiary/aromatic N) is 1. The predicted octanol–water partition coefficient (Wildman–Crippen LogP) is 4.52. The summed E-state index contributed by atoms with van der Waals surface area (Å²) >= 11 is 0. The maximum atomic E-state index is 12.5. The second-order valence-corrected chi connectivity index (χ2v) is 7.12. The molecule has 0 heterocycles. The van der Waals surface area contributed by atoms with Crippen molar-refractivity contribution in [2.45, 2.75) is 32.6 Å². The lowest BCUT2D eigenvalue weighted by molar-refractivity contribution is -0.117. The molecule has 1 aliphatic carbocycles. The Morgan fingerprint density at radius 3 is 2.33 bits per heavy atom. The molecule has 0 spiro atoms. The van der Waals surface area contributed by atoms with Crippen LogP contribution in [0.3, 0.4) is 0 Å². The lowest BCUT2D eigenvalue weighted by Crippen LogP contribution is -2.18. The molecular formula is C22H27N3O2. The van der Waals surface area contributed by atoms with Crippen molar-refractivity contribution < 1.29 is 9.59 Å². The first kappa shape index (κ1) is 19.0. The predicted molar refractivity (Wildman–Crippen MR) is 110 cm³/mol. The van der Waals surface area contributed by atoms with Gasteiger partial charge in [-0.1, -0.05) is 19.4 Å². The van der Waals surface area contributed by atoms with E-state index in [1.807, 2.05) is 42.5 Å². The molecule has 2 aromatic carbocycles. The van der Waals surface area contributed by atoms with Crippen LogP contribution in [-0.4, -0.2) is 25.4 Å². The van der Waals surface area contributed by atoms with Gasteiger partial charge in [0.2, 0.25) is 5.91 Å². The highest BCUT2D eigenvalue weighted by molar-refractivity contribution is 6.05. The van der Waals surface area contributed by atoms with Gasteiger partial charge in [0.25, 0.3) is 5.91 Å². The number of carbonyl (C=O) groups is 2. The molecule has 0 saturated heterocycles. The summed E-state index contributed by atoms with van der Waals surface area (Å²) in [5.41, 5.74) is 3.08. The molecule has 1 saturated carbocycles. The summed E-state index contributed by atoms with van der Waals surface area (Å²) in [6.07, 6.45) is 4.23. The number of hydrogen-bond acceptors (Lipinski definition) is 3. The van der Waals surface area contributed by atoms with Gasteiger partial charge >= 0.3 is 0 Å². The standard InChI is InChI=1S/C22H27N3O2/c1-3-4-14-25(2)20-12-10-17(11-13-20)22(27)24-19-7-5-6-18(15-19)23-21(26)16-8-9-16/h5-7,10-13,15-16H,3-4,8-9,14H2,1-2H3,(H,23,26)(H,24,27). The molecule has 0 aliphatic heterocycles. The van der Waals surface area contributed by atoms with Crippen LogP contribution in [0.2, 0.25) is 0 Å². The number of amides is 2. The fraction of sp³-hybridized carbons (Fsp3) is 0.364. The third-order valence-corrected chi connectivity index (χ3v) is 4.75. The van der Waals surface area contributed by atoms with E-state index in [4.69, 9.17) is 0 Å². The minimum atomic E-state index is -0.163. The van der Waals surface area contributed by atoms with Crippen molar-refractivity contribution in [3.63, 3.8) is 0 Å². The minimum Gasteiger partial charge on any atom is -0.375 e. The summed E-state index contributed by atoms with van der Waals surface area (Å²) in [6, 6.07) is 14.9. The fourth-order valence-corrected chi connectivity index (χ4v) is 2.86. The summed E-state index contributed by atoms with van der Waals surface area (Å²) in [5.74, 6) is 0.0434. The van der Waals surface area contributed by atoms with Gasteiger partial charge in [-0.3, -0.25) is 9.59 Å². The Bertz CT molecular complexity index is 797. The van der Waals surface area contributed by atoms with Crippen LogP contribution in [-0.2, 0) is 4.79 Å². The Morgan fingerprint density at radius 2 is 1.70 bits per heavy atom. The average molecular weight is 365 g/mol. The van der Waals surface area contributed by atoms with Crippen LogP contribution in [0.4, 0.5) is 17.1 Å². The summed E-state index contributed by atoms with van der Waals surface area (Å²) in [4.78, 5) is 26.6. The van der Waals surface area contributed by atoms with Gasteiger partial charge in [0, 0.05) is 42.1 Å². The molecule has 0 bridgehead atoms. The lowest BCUT2D eigenvalue weighted by atomic mass is 10.1. The van der Waals surface area contributed by atoms with Crippen molar-refractivity contribution in [1.29, 1.82) is 0 Å². The third kappa shape index (κ3) is 5.33. The normalized spacial score (nSPS) is 13.1. The molecule has 1 aliphatic rings. The van der Waals surface area contributed by atoms with Gasteiger partial charge < -0.3 is 15.5 Å². The largest absolute Gasteiger partial charge is 0.375 e. The van der Waals surface area contributed by atoms with Crippen molar-refractivity contribution >= 4 is 28.9 Å². The topological polar surface area (TPSA) is 61.4 Å². The molecule has 5 heteroatoms. The van der Waals surface area contributed by atoms with Crippen LogP contribution in [0.15, 0.2) is 48.5 Å². The maximum absolute atomic E-state index is 12.5. The molecule has 3 rings (SSSR count). The second kappa shape index (κ2) is 8.71. The number of unbranched alkanes of at least 4 members (excludes halogenated alkanes) is 1. The van der Waals surface area contributed by atoms with Gasteiger partial charge in [-0.2, -0.15) is 0 Å².